The molecule has 0 saturated heterocycles. The van der Waals surface area contributed by atoms with Gasteiger partial charge in [0.2, 0.25) is 0 Å². The second-order valence-electron chi connectivity index (χ2n) is 5.98. The molecule has 0 saturated carbocycles. The van der Waals surface area contributed by atoms with Crippen LogP contribution in [-0.2, 0) is 33.5 Å². The smallest absolute Gasteiger partial charge is 0.303 e. The quantitative estimate of drug-likeness (QED) is 0.129. The van der Waals surface area contributed by atoms with E-state index in [0.717, 1.165) is 0 Å². The maximum absolute atomic E-state index is 9.90. The molecule has 15 heteroatoms. The molecule has 0 bridgehead atoms. The number of hydrogen-bond acceptors (Lipinski definition) is 9. The van der Waals surface area contributed by atoms with Crippen LogP contribution in [0.25, 0.3) is 0 Å². The zero-order valence-corrected chi connectivity index (χ0v) is 18.6. The van der Waals surface area contributed by atoms with E-state index < -0.39 is 35.8 Å². The Hall–Kier alpha value is -3.30. The van der Waals surface area contributed by atoms with Crippen LogP contribution in [-0.4, -0.2) is 103 Å². The fourth-order valence-corrected chi connectivity index (χ4v) is 1.39. The SMILES string of the molecule is O=C(O)CCC(=O)O.O=C(O)CCCC(=O)O.O=C(O)CCCCC(=O)O.OCCOCCO. The van der Waals surface area contributed by atoms with Gasteiger partial charge in [-0.25, -0.2) is 0 Å². The van der Waals surface area contributed by atoms with Crippen LogP contribution >= 0.6 is 0 Å². The summed E-state index contributed by atoms with van der Waals surface area (Å²) in [5.41, 5.74) is 0. The first-order chi connectivity index (χ1) is 15.8. The number of hydrogen-bond donors (Lipinski definition) is 8. The lowest BCUT2D eigenvalue weighted by Gasteiger charge is -1.94. The first-order valence-electron chi connectivity index (χ1n) is 9.90. The summed E-state index contributed by atoms with van der Waals surface area (Å²) < 4.78 is 4.63. The molecular formula is C19H34O15. The third-order valence-corrected chi connectivity index (χ3v) is 2.84. The van der Waals surface area contributed by atoms with E-state index in [2.05, 4.69) is 4.74 Å². The monoisotopic (exact) mass is 502 g/mol. The summed E-state index contributed by atoms with van der Waals surface area (Å²) in [5, 5.41) is 64.3. The van der Waals surface area contributed by atoms with Crippen molar-refractivity contribution in [2.45, 2.75) is 57.8 Å². The predicted octanol–water partition coefficient (Wildman–Crippen LogP) is -0.0347. The van der Waals surface area contributed by atoms with Crippen molar-refractivity contribution in [1.29, 1.82) is 0 Å². The fourth-order valence-electron chi connectivity index (χ4n) is 1.39. The fraction of sp³-hybridized carbons (Fsp3) is 0.684. The van der Waals surface area contributed by atoms with Crippen LogP contribution in [0.4, 0.5) is 0 Å². The van der Waals surface area contributed by atoms with Crippen LogP contribution in [0.1, 0.15) is 57.8 Å². The summed E-state index contributed by atoms with van der Waals surface area (Å²) in [5.74, 6) is -5.79. The van der Waals surface area contributed by atoms with E-state index in [9.17, 15) is 28.8 Å². The normalized spacial score (nSPS) is 9.00. The summed E-state index contributed by atoms with van der Waals surface area (Å²) in [6, 6.07) is 0. The van der Waals surface area contributed by atoms with E-state index in [0.29, 0.717) is 26.1 Å². The minimum Gasteiger partial charge on any atom is -0.481 e. The third kappa shape index (κ3) is 63.0. The topological polar surface area (TPSA) is 273 Å². The second-order valence-corrected chi connectivity index (χ2v) is 5.98. The number of carboxylic acids is 6. The van der Waals surface area contributed by atoms with Gasteiger partial charge in [0, 0.05) is 25.7 Å². The van der Waals surface area contributed by atoms with Crippen LogP contribution in [0.3, 0.4) is 0 Å². The largest absolute Gasteiger partial charge is 0.481 e. The van der Waals surface area contributed by atoms with Crippen LogP contribution in [0.5, 0.6) is 0 Å². The highest BCUT2D eigenvalue weighted by Crippen LogP contribution is 1.98. The second kappa shape index (κ2) is 29.7. The number of rotatable bonds is 16. The highest BCUT2D eigenvalue weighted by Gasteiger charge is 2.01. The molecule has 0 amide bonds. The van der Waals surface area contributed by atoms with Crippen LogP contribution in [0.2, 0.25) is 0 Å². The Balaban J connectivity index is -0.000000178. The van der Waals surface area contributed by atoms with E-state index in [-0.39, 0.29) is 58.2 Å². The van der Waals surface area contributed by atoms with Gasteiger partial charge in [0.15, 0.2) is 0 Å². The van der Waals surface area contributed by atoms with Gasteiger partial charge in [-0.2, -0.15) is 0 Å². The molecule has 15 nitrogen and oxygen atoms in total. The van der Waals surface area contributed by atoms with Gasteiger partial charge in [0.05, 0.1) is 39.3 Å². The number of ether oxygens (including phenoxy) is 1. The lowest BCUT2D eigenvalue weighted by molar-refractivity contribution is -0.143. The Morgan fingerprint density at radius 2 is 0.647 bits per heavy atom. The zero-order valence-electron chi connectivity index (χ0n) is 18.6. The predicted molar refractivity (Wildman–Crippen MR) is 112 cm³/mol. The Bertz CT molecular complexity index is 526. The molecule has 0 aliphatic carbocycles. The molecule has 0 atom stereocenters. The number of aliphatic hydroxyl groups is 2. The number of aliphatic carboxylic acids is 6. The summed E-state index contributed by atoms with van der Waals surface area (Å²) >= 11 is 0. The first kappa shape index (κ1) is 38.0. The molecular weight excluding hydrogens is 468 g/mol. The van der Waals surface area contributed by atoms with Gasteiger partial charge in [-0.05, 0) is 19.3 Å². The molecule has 0 heterocycles. The van der Waals surface area contributed by atoms with E-state index in [4.69, 9.17) is 40.9 Å². The molecule has 8 N–H and O–H groups in total. The Morgan fingerprint density at radius 1 is 0.412 bits per heavy atom. The molecule has 0 aromatic rings. The molecule has 34 heavy (non-hydrogen) atoms. The van der Waals surface area contributed by atoms with Crippen molar-refractivity contribution >= 4 is 35.8 Å². The molecule has 0 fully saturated rings. The summed E-state index contributed by atoms with van der Waals surface area (Å²) in [7, 11) is 0. The molecule has 0 aliphatic rings. The molecule has 0 aliphatic heterocycles. The van der Waals surface area contributed by atoms with Crippen molar-refractivity contribution in [2.75, 3.05) is 26.4 Å². The van der Waals surface area contributed by atoms with Gasteiger partial charge in [-0.3, -0.25) is 28.8 Å². The average molecular weight is 502 g/mol. The summed E-state index contributed by atoms with van der Waals surface area (Å²) in [6.45, 7) is 0.696. The lowest BCUT2D eigenvalue weighted by Crippen LogP contribution is -2.03. The van der Waals surface area contributed by atoms with E-state index >= 15 is 0 Å². The average Bonchev–Trinajstić information content (AvgIpc) is 2.71. The van der Waals surface area contributed by atoms with Gasteiger partial charge in [-0.1, -0.05) is 0 Å². The van der Waals surface area contributed by atoms with Crippen molar-refractivity contribution in [2.24, 2.45) is 0 Å². The summed E-state index contributed by atoms with van der Waals surface area (Å²) in [6.07, 6.45) is 0.512. The van der Waals surface area contributed by atoms with Crippen molar-refractivity contribution in [1.82, 2.24) is 0 Å². The maximum atomic E-state index is 9.90. The Labute approximate surface area is 195 Å². The van der Waals surface area contributed by atoms with Crippen LogP contribution < -0.4 is 0 Å². The number of carboxylic acid groups (broad SMARTS) is 6. The maximum Gasteiger partial charge on any atom is 0.303 e. The molecule has 0 unspecified atom stereocenters. The Kier molecular flexibility index (Phi) is 33.2. The molecule has 0 radical (unpaired) electrons. The van der Waals surface area contributed by atoms with Crippen LogP contribution in [0, 0.1) is 0 Å². The van der Waals surface area contributed by atoms with E-state index in [1.807, 2.05) is 0 Å². The molecule has 0 rings (SSSR count). The van der Waals surface area contributed by atoms with Crippen molar-refractivity contribution in [3.63, 3.8) is 0 Å². The summed E-state index contributed by atoms with van der Waals surface area (Å²) in [4.78, 5) is 58.6. The minimum absolute atomic E-state index is 0.0278. The van der Waals surface area contributed by atoms with Gasteiger partial charge in [0.1, 0.15) is 0 Å². The zero-order chi connectivity index (χ0) is 27.4. The van der Waals surface area contributed by atoms with Gasteiger partial charge < -0.3 is 45.6 Å². The minimum atomic E-state index is -1.08. The molecule has 0 aromatic carbocycles. The molecule has 0 spiro atoms. The molecule has 200 valence electrons. The highest BCUT2D eigenvalue weighted by atomic mass is 16.5. The van der Waals surface area contributed by atoms with Crippen molar-refractivity contribution in [3.8, 4) is 0 Å². The van der Waals surface area contributed by atoms with E-state index in [1.54, 1.807) is 0 Å². The number of aliphatic hydroxyl groups excluding tert-OH is 2. The van der Waals surface area contributed by atoms with Crippen molar-refractivity contribution in [3.05, 3.63) is 0 Å². The third-order valence-electron chi connectivity index (χ3n) is 2.84. The van der Waals surface area contributed by atoms with Crippen LogP contribution in [0.15, 0.2) is 0 Å². The number of carbonyl (C=O) groups is 6. The lowest BCUT2D eigenvalue weighted by atomic mass is 10.2. The van der Waals surface area contributed by atoms with Gasteiger partial charge in [-0.15, -0.1) is 0 Å². The van der Waals surface area contributed by atoms with Gasteiger partial charge >= 0.3 is 35.8 Å². The van der Waals surface area contributed by atoms with E-state index in [1.165, 1.54) is 0 Å². The standard InChI is InChI=1S/C6H10O4.C5H8O4.C4H6O4.C4H10O3/c7-5(8)3-1-2-4-6(9)10;6-4(7)2-1-3-5(8)9;5-3(6)1-2-4(7)8;5-1-3-7-4-2-6/h1-4H2,(H,7,8)(H,9,10);1-3H2,(H,6,7)(H,8,9);1-2H2,(H,5,6)(H,7,8);5-6H,1-4H2. The first-order valence-corrected chi connectivity index (χ1v) is 9.90. The van der Waals surface area contributed by atoms with Gasteiger partial charge in [0.25, 0.3) is 0 Å². The molecule has 0 aromatic heterocycles. The number of unbranched alkanes of at least 4 members (excludes halogenated alkanes) is 1. The highest BCUT2D eigenvalue weighted by molar-refractivity contribution is 5.75. The van der Waals surface area contributed by atoms with Crippen molar-refractivity contribution < 1.29 is 74.4 Å². The Morgan fingerprint density at radius 3 is 0.853 bits per heavy atom.